The predicted octanol–water partition coefficient (Wildman–Crippen LogP) is 3.47. The van der Waals surface area contributed by atoms with Crippen LogP contribution in [0.25, 0.3) is 0 Å². The topological polar surface area (TPSA) is 9.23 Å². The van der Waals surface area contributed by atoms with Crippen molar-refractivity contribution in [2.75, 3.05) is 12.4 Å². The molecule has 0 N–H and O–H groups in total. The molecule has 0 saturated carbocycles. The Balaban J connectivity index is 2.69. The van der Waals surface area contributed by atoms with Crippen LogP contribution in [0.3, 0.4) is 0 Å². The highest BCUT2D eigenvalue weighted by Crippen LogP contribution is 2.23. The summed E-state index contributed by atoms with van der Waals surface area (Å²) in [6, 6.07) is 4.87. The number of hydrogen-bond donors (Lipinski definition) is 1. The zero-order valence-electron chi connectivity index (χ0n) is 9.38. The maximum absolute atomic E-state index is 13.3. The predicted molar refractivity (Wildman–Crippen MR) is 64.3 cm³/mol. The summed E-state index contributed by atoms with van der Waals surface area (Å²) in [5.74, 6) is 0.723. The largest absolute Gasteiger partial charge is 0.490 e. The van der Waals surface area contributed by atoms with Crippen LogP contribution in [0, 0.1) is 18.2 Å². The lowest BCUT2D eigenvalue weighted by Gasteiger charge is -2.22. The second-order valence-electron chi connectivity index (χ2n) is 4.54. The number of hydrogen-bond acceptors (Lipinski definition) is 2. The van der Waals surface area contributed by atoms with Gasteiger partial charge in [0.15, 0.2) is 11.6 Å². The van der Waals surface area contributed by atoms with E-state index in [-0.39, 0.29) is 11.2 Å². The Morgan fingerprint density at radius 1 is 1.40 bits per heavy atom. The van der Waals surface area contributed by atoms with Gasteiger partial charge in [0, 0.05) is 5.41 Å². The second-order valence-corrected chi connectivity index (χ2v) is 4.86. The Morgan fingerprint density at radius 3 is 2.67 bits per heavy atom. The molecule has 1 nitrogen and oxygen atoms in total. The first kappa shape index (κ1) is 12.4. The number of rotatable bonds is 4. The van der Waals surface area contributed by atoms with Crippen LogP contribution in [0.15, 0.2) is 18.2 Å². The van der Waals surface area contributed by atoms with Gasteiger partial charge in [0.2, 0.25) is 0 Å². The molecule has 0 aliphatic rings. The molecular weight excluding hydrogens is 211 g/mol. The molecule has 0 unspecified atom stereocenters. The molecule has 1 rings (SSSR count). The molecular formula is C12H17FOS. The van der Waals surface area contributed by atoms with E-state index in [9.17, 15) is 4.39 Å². The lowest BCUT2D eigenvalue weighted by molar-refractivity contribution is 0.195. The Bertz CT molecular complexity index is 336. The summed E-state index contributed by atoms with van der Waals surface area (Å²) >= 11 is 4.22. The summed E-state index contributed by atoms with van der Waals surface area (Å²) in [5, 5.41) is 0. The van der Waals surface area contributed by atoms with E-state index < -0.39 is 0 Å². The van der Waals surface area contributed by atoms with Gasteiger partial charge in [-0.15, -0.1) is 0 Å². The second kappa shape index (κ2) is 4.88. The van der Waals surface area contributed by atoms with Gasteiger partial charge in [-0.1, -0.05) is 19.9 Å². The van der Waals surface area contributed by atoms with E-state index in [0.717, 1.165) is 5.56 Å². The van der Waals surface area contributed by atoms with Crippen molar-refractivity contribution < 1.29 is 9.13 Å². The minimum absolute atomic E-state index is 0.0424. The van der Waals surface area contributed by atoms with Crippen LogP contribution >= 0.6 is 12.6 Å². The van der Waals surface area contributed by atoms with Crippen LogP contribution in [-0.2, 0) is 0 Å². The smallest absolute Gasteiger partial charge is 0.165 e. The molecule has 0 spiro atoms. The van der Waals surface area contributed by atoms with Crippen molar-refractivity contribution in [2.45, 2.75) is 20.8 Å². The third kappa shape index (κ3) is 3.74. The van der Waals surface area contributed by atoms with Gasteiger partial charge in [-0.25, -0.2) is 4.39 Å². The van der Waals surface area contributed by atoms with Crippen molar-refractivity contribution in [1.29, 1.82) is 0 Å². The fourth-order valence-electron chi connectivity index (χ4n) is 1.04. The lowest BCUT2D eigenvalue weighted by Crippen LogP contribution is -2.23. The van der Waals surface area contributed by atoms with Crippen LogP contribution in [-0.4, -0.2) is 12.4 Å². The third-order valence-corrected chi connectivity index (χ3v) is 2.99. The fraction of sp³-hybridized carbons (Fsp3) is 0.500. The molecule has 0 atom stereocenters. The maximum atomic E-state index is 13.3. The number of thiol groups is 1. The molecule has 0 radical (unpaired) electrons. The van der Waals surface area contributed by atoms with Crippen molar-refractivity contribution in [1.82, 2.24) is 0 Å². The van der Waals surface area contributed by atoms with E-state index >= 15 is 0 Å². The monoisotopic (exact) mass is 228 g/mol. The highest BCUT2D eigenvalue weighted by atomic mass is 32.1. The molecule has 0 amide bonds. The molecule has 0 fully saturated rings. The molecule has 0 aliphatic heterocycles. The van der Waals surface area contributed by atoms with Gasteiger partial charge in [0.05, 0.1) is 6.61 Å². The van der Waals surface area contributed by atoms with Crippen molar-refractivity contribution in [3.8, 4) is 5.75 Å². The van der Waals surface area contributed by atoms with Crippen molar-refractivity contribution in [3.63, 3.8) is 0 Å². The van der Waals surface area contributed by atoms with Crippen LogP contribution in [0.4, 0.5) is 4.39 Å². The highest BCUT2D eigenvalue weighted by molar-refractivity contribution is 7.80. The summed E-state index contributed by atoms with van der Waals surface area (Å²) < 4.78 is 18.8. The number of ether oxygens (including phenoxy) is 1. The zero-order valence-corrected chi connectivity index (χ0v) is 10.3. The first-order valence-electron chi connectivity index (χ1n) is 4.94. The Morgan fingerprint density at radius 2 is 2.07 bits per heavy atom. The number of benzene rings is 1. The molecule has 3 heteroatoms. The van der Waals surface area contributed by atoms with Crippen molar-refractivity contribution >= 4 is 12.6 Å². The Kier molecular flexibility index (Phi) is 4.03. The lowest BCUT2D eigenvalue weighted by atomic mass is 9.98. The molecule has 0 bridgehead atoms. The van der Waals surface area contributed by atoms with E-state index in [2.05, 4.69) is 12.6 Å². The van der Waals surface area contributed by atoms with E-state index in [1.54, 1.807) is 12.1 Å². The van der Waals surface area contributed by atoms with Crippen LogP contribution in [0.5, 0.6) is 5.75 Å². The van der Waals surface area contributed by atoms with Gasteiger partial charge in [0.1, 0.15) is 0 Å². The molecule has 15 heavy (non-hydrogen) atoms. The van der Waals surface area contributed by atoms with E-state index in [1.165, 1.54) is 6.07 Å². The van der Waals surface area contributed by atoms with E-state index in [4.69, 9.17) is 4.74 Å². The summed E-state index contributed by atoms with van der Waals surface area (Å²) in [7, 11) is 0. The number of halogens is 1. The van der Waals surface area contributed by atoms with Crippen molar-refractivity contribution in [2.24, 2.45) is 5.41 Å². The average molecular weight is 228 g/mol. The molecule has 0 heterocycles. The maximum Gasteiger partial charge on any atom is 0.165 e. The molecule has 0 aromatic heterocycles. The molecule has 0 aliphatic carbocycles. The SMILES string of the molecule is Cc1ccc(F)c(OCC(C)(C)CS)c1. The molecule has 1 aromatic rings. The normalized spacial score (nSPS) is 11.5. The quantitative estimate of drug-likeness (QED) is 0.776. The Labute approximate surface area is 96.1 Å². The van der Waals surface area contributed by atoms with Crippen LogP contribution in [0.2, 0.25) is 0 Å². The molecule has 1 aromatic carbocycles. The fourth-order valence-corrected chi connectivity index (χ4v) is 1.13. The van der Waals surface area contributed by atoms with E-state index in [0.29, 0.717) is 18.1 Å². The number of aryl methyl sites for hydroxylation is 1. The first-order chi connectivity index (χ1) is 6.94. The molecule has 0 saturated heterocycles. The van der Waals surface area contributed by atoms with Gasteiger partial charge in [-0.3, -0.25) is 0 Å². The van der Waals surface area contributed by atoms with Gasteiger partial charge in [-0.2, -0.15) is 12.6 Å². The van der Waals surface area contributed by atoms with Crippen LogP contribution < -0.4 is 4.74 Å². The summed E-state index contributed by atoms with van der Waals surface area (Å²) in [6.07, 6.45) is 0. The minimum Gasteiger partial charge on any atom is -0.490 e. The molecule has 84 valence electrons. The minimum atomic E-state index is -0.310. The Hall–Kier alpha value is -0.700. The standard InChI is InChI=1S/C12H17FOS/c1-9-4-5-10(13)11(6-9)14-7-12(2,3)8-15/h4-6,15H,7-8H2,1-3H3. The summed E-state index contributed by atoms with van der Waals surface area (Å²) in [4.78, 5) is 0. The zero-order chi connectivity index (χ0) is 11.5. The van der Waals surface area contributed by atoms with Gasteiger partial charge in [0.25, 0.3) is 0 Å². The highest BCUT2D eigenvalue weighted by Gasteiger charge is 2.17. The van der Waals surface area contributed by atoms with E-state index in [1.807, 2.05) is 20.8 Å². The van der Waals surface area contributed by atoms with Gasteiger partial charge in [-0.05, 0) is 30.4 Å². The third-order valence-electron chi connectivity index (χ3n) is 2.13. The summed E-state index contributed by atoms with van der Waals surface area (Å²) in [6.45, 7) is 6.45. The average Bonchev–Trinajstić information content (AvgIpc) is 2.20. The van der Waals surface area contributed by atoms with Crippen LogP contribution in [0.1, 0.15) is 19.4 Å². The van der Waals surface area contributed by atoms with Crippen molar-refractivity contribution in [3.05, 3.63) is 29.6 Å². The summed E-state index contributed by atoms with van der Waals surface area (Å²) in [5.41, 5.74) is 0.953. The van der Waals surface area contributed by atoms with Gasteiger partial charge >= 0.3 is 0 Å². The first-order valence-corrected chi connectivity index (χ1v) is 5.58. The van der Waals surface area contributed by atoms with Gasteiger partial charge < -0.3 is 4.74 Å².